The molecule has 3 N–H and O–H groups in total. The van der Waals surface area contributed by atoms with E-state index < -0.39 is 11.4 Å². The maximum atomic E-state index is 14.5. The van der Waals surface area contributed by atoms with Gasteiger partial charge in [-0.25, -0.2) is 14.4 Å². The van der Waals surface area contributed by atoms with Gasteiger partial charge in [-0.15, -0.1) is 0 Å². The SMILES string of the molecule is COc1cc(Nc2ncc(F)c(Nc3ccc(OC(C)(C)C)c(NC=O)n3)n2)cc(OC)c1OC. The molecule has 2 heterocycles. The third-order valence-corrected chi connectivity index (χ3v) is 4.38. The second-order valence-electron chi connectivity index (χ2n) is 8.07. The number of methoxy groups -OCH3 is 3. The highest BCUT2D eigenvalue weighted by Crippen LogP contribution is 2.40. The molecular formula is C23H27FN6O5. The Hall–Kier alpha value is -4.35. The zero-order valence-electron chi connectivity index (χ0n) is 20.2. The Balaban J connectivity index is 1.88. The van der Waals surface area contributed by atoms with Crippen molar-refractivity contribution in [1.29, 1.82) is 0 Å². The topological polar surface area (TPSA) is 129 Å². The molecule has 1 aromatic carbocycles. The first kappa shape index (κ1) is 25.3. The molecule has 35 heavy (non-hydrogen) atoms. The van der Waals surface area contributed by atoms with Crippen LogP contribution >= 0.6 is 0 Å². The highest BCUT2D eigenvalue weighted by molar-refractivity contribution is 5.74. The van der Waals surface area contributed by atoms with Crippen LogP contribution in [0.5, 0.6) is 23.0 Å². The normalized spacial score (nSPS) is 10.8. The van der Waals surface area contributed by atoms with E-state index in [1.54, 1.807) is 24.3 Å². The maximum absolute atomic E-state index is 14.5. The lowest BCUT2D eigenvalue weighted by molar-refractivity contribution is -0.105. The molecule has 11 nitrogen and oxygen atoms in total. The van der Waals surface area contributed by atoms with E-state index >= 15 is 0 Å². The number of aromatic nitrogens is 3. The molecule has 12 heteroatoms. The lowest BCUT2D eigenvalue weighted by atomic mass is 10.2. The number of hydrogen-bond acceptors (Lipinski definition) is 10. The summed E-state index contributed by atoms with van der Waals surface area (Å²) in [4.78, 5) is 23.5. The third kappa shape index (κ3) is 6.37. The van der Waals surface area contributed by atoms with Crippen LogP contribution in [0.4, 0.5) is 33.5 Å². The smallest absolute Gasteiger partial charge is 0.229 e. The second kappa shape index (κ2) is 10.7. The van der Waals surface area contributed by atoms with Crippen LogP contribution < -0.4 is 34.9 Å². The van der Waals surface area contributed by atoms with Crippen LogP contribution in [0.25, 0.3) is 0 Å². The number of halogens is 1. The number of rotatable bonds is 10. The van der Waals surface area contributed by atoms with Crippen molar-refractivity contribution in [2.24, 2.45) is 0 Å². The van der Waals surface area contributed by atoms with Crippen LogP contribution in [0.15, 0.2) is 30.5 Å². The molecule has 0 unspecified atom stereocenters. The van der Waals surface area contributed by atoms with Crippen molar-refractivity contribution in [3.05, 3.63) is 36.3 Å². The van der Waals surface area contributed by atoms with Gasteiger partial charge in [0, 0.05) is 17.8 Å². The number of nitrogens with zero attached hydrogens (tertiary/aromatic N) is 3. The van der Waals surface area contributed by atoms with Gasteiger partial charge in [-0.3, -0.25) is 4.79 Å². The molecule has 1 amide bonds. The standard InChI is InChI=1S/C23H27FN6O5/c1-23(2,3)35-15-7-8-18(29-21(15)26-12-31)28-20-14(24)11-25-22(30-20)27-13-9-16(32-4)19(34-6)17(10-13)33-5/h7-12H,1-6H3,(H3,25,26,27,28,29,30,31). The molecule has 0 saturated carbocycles. The van der Waals surface area contributed by atoms with Crippen LogP contribution in [-0.4, -0.2) is 48.3 Å². The highest BCUT2D eigenvalue weighted by atomic mass is 19.1. The van der Waals surface area contributed by atoms with E-state index in [4.69, 9.17) is 18.9 Å². The molecule has 0 atom stereocenters. The van der Waals surface area contributed by atoms with Gasteiger partial charge >= 0.3 is 0 Å². The third-order valence-electron chi connectivity index (χ3n) is 4.38. The van der Waals surface area contributed by atoms with Crippen LogP contribution in [0.3, 0.4) is 0 Å². The molecule has 0 fully saturated rings. The molecule has 3 aromatic rings. The number of ether oxygens (including phenoxy) is 4. The fraction of sp³-hybridized carbons (Fsp3) is 0.304. The largest absolute Gasteiger partial charge is 0.493 e. The van der Waals surface area contributed by atoms with Crippen LogP contribution in [0.1, 0.15) is 20.8 Å². The summed E-state index contributed by atoms with van der Waals surface area (Å²) in [5.74, 6) is 1.29. The first-order chi connectivity index (χ1) is 16.7. The van der Waals surface area contributed by atoms with Gasteiger partial charge in [-0.1, -0.05) is 0 Å². The number of anilines is 5. The lowest BCUT2D eigenvalue weighted by Gasteiger charge is -2.22. The molecule has 0 aliphatic heterocycles. The summed E-state index contributed by atoms with van der Waals surface area (Å²) in [5.41, 5.74) is 0.0126. The molecule has 2 aromatic heterocycles. The summed E-state index contributed by atoms with van der Waals surface area (Å²) < 4.78 is 36.3. The molecule has 0 spiro atoms. The van der Waals surface area contributed by atoms with Crippen molar-refractivity contribution in [3.63, 3.8) is 0 Å². The van der Waals surface area contributed by atoms with Crippen molar-refractivity contribution in [2.45, 2.75) is 26.4 Å². The van der Waals surface area contributed by atoms with Crippen molar-refractivity contribution in [3.8, 4) is 23.0 Å². The average molecular weight is 487 g/mol. The van der Waals surface area contributed by atoms with Gasteiger partial charge in [0.2, 0.25) is 18.1 Å². The molecule has 3 rings (SSSR count). The van der Waals surface area contributed by atoms with E-state index in [1.807, 2.05) is 20.8 Å². The average Bonchev–Trinajstić information content (AvgIpc) is 2.81. The summed E-state index contributed by atoms with van der Waals surface area (Å²) in [6.45, 7) is 5.59. The van der Waals surface area contributed by atoms with Crippen molar-refractivity contribution >= 4 is 35.5 Å². The summed E-state index contributed by atoms with van der Waals surface area (Å²) in [6.07, 6.45) is 1.49. The summed E-state index contributed by atoms with van der Waals surface area (Å²) in [5, 5.41) is 8.26. The van der Waals surface area contributed by atoms with Crippen molar-refractivity contribution in [1.82, 2.24) is 15.0 Å². The number of nitrogens with one attached hydrogen (secondary N) is 3. The number of carbonyl (C=O) groups is 1. The Morgan fingerprint density at radius 2 is 1.60 bits per heavy atom. The number of carbonyl (C=O) groups excluding carboxylic acids is 1. The van der Waals surface area contributed by atoms with Gasteiger partial charge in [0.05, 0.1) is 27.5 Å². The fourth-order valence-electron chi connectivity index (χ4n) is 3.01. The molecule has 0 aliphatic rings. The van der Waals surface area contributed by atoms with Crippen molar-refractivity contribution < 1.29 is 28.1 Å². The number of benzene rings is 1. The zero-order chi connectivity index (χ0) is 25.6. The minimum absolute atomic E-state index is 0.0992. The van der Waals surface area contributed by atoms with Gasteiger partial charge < -0.3 is 34.9 Å². The predicted molar refractivity (Wildman–Crippen MR) is 129 cm³/mol. The van der Waals surface area contributed by atoms with Gasteiger partial charge in [0.15, 0.2) is 34.7 Å². The lowest BCUT2D eigenvalue weighted by Crippen LogP contribution is -2.23. The second-order valence-corrected chi connectivity index (χ2v) is 8.07. The van der Waals surface area contributed by atoms with E-state index in [0.717, 1.165) is 6.20 Å². The monoisotopic (exact) mass is 486 g/mol. The van der Waals surface area contributed by atoms with E-state index in [9.17, 15) is 9.18 Å². The van der Waals surface area contributed by atoms with Crippen LogP contribution in [0, 0.1) is 5.82 Å². The van der Waals surface area contributed by atoms with E-state index in [0.29, 0.717) is 35.1 Å². The van der Waals surface area contributed by atoms with Crippen LogP contribution in [-0.2, 0) is 4.79 Å². The Morgan fingerprint density at radius 1 is 0.914 bits per heavy atom. The molecule has 186 valence electrons. The minimum Gasteiger partial charge on any atom is -0.493 e. The highest BCUT2D eigenvalue weighted by Gasteiger charge is 2.18. The van der Waals surface area contributed by atoms with E-state index in [-0.39, 0.29) is 23.4 Å². The first-order valence-electron chi connectivity index (χ1n) is 10.4. The van der Waals surface area contributed by atoms with E-state index in [2.05, 4.69) is 30.9 Å². The van der Waals surface area contributed by atoms with Gasteiger partial charge in [0.1, 0.15) is 11.4 Å². The van der Waals surface area contributed by atoms with Crippen LogP contribution in [0.2, 0.25) is 0 Å². The number of pyridine rings is 1. The van der Waals surface area contributed by atoms with Crippen molar-refractivity contribution in [2.75, 3.05) is 37.3 Å². The Labute approximate surface area is 202 Å². The Bertz CT molecular complexity index is 1180. The number of amides is 1. The molecule has 0 aliphatic carbocycles. The predicted octanol–water partition coefficient (Wildman–Crippen LogP) is 4.27. The summed E-state index contributed by atoms with van der Waals surface area (Å²) >= 11 is 0. The fourth-order valence-corrected chi connectivity index (χ4v) is 3.01. The summed E-state index contributed by atoms with van der Waals surface area (Å²) in [6, 6.07) is 6.51. The quantitative estimate of drug-likeness (QED) is 0.357. The minimum atomic E-state index is -0.706. The molecule has 0 radical (unpaired) electrons. The zero-order valence-corrected chi connectivity index (χ0v) is 20.2. The van der Waals surface area contributed by atoms with Gasteiger partial charge in [-0.05, 0) is 32.9 Å². The Kier molecular flexibility index (Phi) is 7.74. The number of hydrogen-bond donors (Lipinski definition) is 3. The maximum Gasteiger partial charge on any atom is 0.229 e. The van der Waals surface area contributed by atoms with Gasteiger partial charge in [-0.2, -0.15) is 4.98 Å². The van der Waals surface area contributed by atoms with E-state index in [1.165, 1.54) is 21.3 Å². The van der Waals surface area contributed by atoms with Gasteiger partial charge in [0.25, 0.3) is 0 Å². The first-order valence-corrected chi connectivity index (χ1v) is 10.4. The molecule has 0 saturated heterocycles. The summed E-state index contributed by atoms with van der Waals surface area (Å²) in [7, 11) is 4.49. The molecular weight excluding hydrogens is 459 g/mol. The molecule has 0 bridgehead atoms. The Morgan fingerprint density at radius 3 is 2.17 bits per heavy atom.